The molecule has 0 aliphatic heterocycles. The summed E-state index contributed by atoms with van der Waals surface area (Å²) < 4.78 is 27.6. The minimum Gasteiger partial charge on any atom is -0.493 e. The lowest BCUT2D eigenvalue weighted by Gasteiger charge is -2.10. The van der Waals surface area contributed by atoms with Crippen molar-refractivity contribution in [3.8, 4) is 11.5 Å². The van der Waals surface area contributed by atoms with E-state index >= 15 is 0 Å². The van der Waals surface area contributed by atoms with Gasteiger partial charge < -0.3 is 13.9 Å². The van der Waals surface area contributed by atoms with E-state index in [1.807, 2.05) is 0 Å². The molecule has 0 saturated carbocycles. The normalized spacial score (nSPS) is 10.6. The second-order valence-corrected chi connectivity index (χ2v) is 3.69. The number of methoxy groups -OCH3 is 1. The highest BCUT2D eigenvalue weighted by atomic mass is 19.1. The first kappa shape index (κ1) is 12.4. The summed E-state index contributed by atoms with van der Waals surface area (Å²) in [6, 6.07) is 6.28. The van der Waals surface area contributed by atoms with Crippen LogP contribution in [-0.4, -0.2) is 20.4 Å². The summed E-state index contributed by atoms with van der Waals surface area (Å²) in [5.74, 6) is 0.961. The van der Waals surface area contributed by atoms with Crippen LogP contribution in [0.5, 0.6) is 11.5 Å². The van der Waals surface area contributed by atoms with Crippen LogP contribution in [-0.2, 0) is 0 Å². The zero-order chi connectivity index (χ0) is 13.0. The van der Waals surface area contributed by atoms with E-state index in [0.717, 1.165) is 5.39 Å². The summed E-state index contributed by atoms with van der Waals surface area (Å²) in [5, 5.41) is 0.740. The summed E-state index contributed by atoms with van der Waals surface area (Å²) in [6.07, 6.45) is 0.305. The first-order valence-electron chi connectivity index (χ1n) is 5.55. The SMILES string of the molecule is COc1cc2ccc(=O)oc2cc1OCCCF. The quantitative estimate of drug-likeness (QED) is 0.606. The standard InChI is InChI=1S/C13H13FO4/c1-16-11-7-9-3-4-13(15)18-10(9)8-12(11)17-6-2-5-14/h3-4,7-8H,2,5-6H2,1H3. The Balaban J connectivity index is 2.40. The van der Waals surface area contributed by atoms with Crippen LogP contribution in [0.1, 0.15) is 6.42 Å². The van der Waals surface area contributed by atoms with E-state index in [1.54, 1.807) is 18.2 Å². The Hall–Kier alpha value is -2.04. The minimum absolute atomic E-state index is 0.245. The third-order valence-corrected chi connectivity index (χ3v) is 2.44. The fraction of sp³-hybridized carbons (Fsp3) is 0.308. The van der Waals surface area contributed by atoms with Crippen molar-refractivity contribution in [3.05, 3.63) is 34.7 Å². The summed E-state index contributed by atoms with van der Waals surface area (Å²) in [7, 11) is 1.52. The van der Waals surface area contributed by atoms with Crippen LogP contribution in [0.2, 0.25) is 0 Å². The zero-order valence-electron chi connectivity index (χ0n) is 9.94. The average molecular weight is 252 g/mol. The van der Waals surface area contributed by atoms with Gasteiger partial charge >= 0.3 is 5.63 Å². The van der Waals surface area contributed by atoms with Crippen LogP contribution in [0.15, 0.2) is 33.5 Å². The van der Waals surface area contributed by atoms with Gasteiger partial charge in [0.05, 0.1) is 20.4 Å². The second-order valence-electron chi connectivity index (χ2n) is 3.69. The maximum absolute atomic E-state index is 12.0. The van der Waals surface area contributed by atoms with E-state index in [4.69, 9.17) is 13.9 Å². The molecule has 4 nitrogen and oxygen atoms in total. The maximum Gasteiger partial charge on any atom is 0.336 e. The molecule has 0 spiro atoms. The van der Waals surface area contributed by atoms with Gasteiger partial charge in [-0.2, -0.15) is 0 Å². The van der Waals surface area contributed by atoms with Crippen molar-refractivity contribution in [1.82, 2.24) is 0 Å². The summed E-state index contributed by atoms with van der Waals surface area (Å²) in [4.78, 5) is 11.1. The molecule has 0 fully saturated rings. The molecule has 5 heteroatoms. The van der Waals surface area contributed by atoms with Gasteiger partial charge in [0, 0.05) is 23.9 Å². The molecule has 2 aromatic rings. The van der Waals surface area contributed by atoms with Gasteiger partial charge in [-0.25, -0.2) is 4.79 Å². The third-order valence-electron chi connectivity index (χ3n) is 2.44. The van der Waals surface area contributed by atoms with Crippen LogP contribution in [0.25, 0.3) is 11.0 Å². The number of ether oxygens (including phenoxy) is 2. The van der Waals surface area contributed by atoms with Gasteiger partial charge in [-0.15, -0.1) is 0 Å². The Morgan fingerprint density at radius 1 is 1.28 bits per heavy atom. The first-order chi connectivity index (χ1) is 8.74. The van der Waals surface area contributed by atoms with Crippen LogP contribution >= 0.6 is 0 Å². The third kappa shape index (κ3) is 2.61. The highest BCUT2D eigenvalue weighted by molar-refractivity contribution is 5.80. The molecule has 1 heterocycles. The number of rotatable bonds is 5. The molecule has 0 aliphatic carbocycles. The predicted octanol–water partition coefficient (Wildman–Crippen LogP) is 2.54. The van der Waals surface area contributed by atoms with Crippen molar-refractivity contribution in [3.63, 3.8) is 0 Å². The Labute approximate surface area is 103 Å². The number of halogens is 1. The van der Waals surface area contributed by atoms with E-state index in [2.05, 4.69) is 0 Å². The molecule has 0 bridgehead atoms. The maximum atomic E-state index is 12.0. The van der Waals surface area contributed by atoms with E-state index in [9.17, 15) is 9.18 Å². The van der Waals surface area contributed by atoms with Gasteiger partial charge in [0.2, 0.25) is 0 Å². The molecular formula is C13H13FO4. The van der Waals surface area contributed by atoms with Gasteiger partial charge in [0.1, 0.15) is 5.58 Å². The van der Waals surface area contributed by atoms with E-state index in [-0.39, 0.29) is 6.61 Å². The highest BCUT2D eigenvalue weighted by Gasteiger charge is 2.08. The number of alkyl halides is 1. The van der Waals surface area contributed by atoms with Gasteiger partial charge in [0.25, 0.3) is 0 Å². The Bertz CT molecular complexity index is 591. The molecule has 2 rings (SSSR count). The van der Waals surface area contributed by atoms with E-state index in [0.29, 0.717) is 23.5 Å². The topological polar surface area (TPSA) is 48.7 Å². The van der Waals surface area contributed by atoms with E-state index in [1.165, 1.54) is 13.2 Å². The number of hydrogen-bond acceptors (Lipinski definition) is 4. The van der Waals surface area contributed by atoms with Crippen LogP contribution in [0, 0.1) is 0 Å². The van der Waals surface area contributed by atoms with Crippen molar-refractivity contribution < 1.29 is 18.3 Å². The molecule has 0 saturated heterocycles. The molecule has 0 radical (unpaired) electrons. The zero-order valence-corrected chi connectivity index (χ0v) is 9.94. The lowest BCUT2D eigenvalue weighted by Crippen LogP contribution is -2.01. The molecule has 0 amide bonds. The van der Waals surface area contributed by atoms with Crippen molar-refractivity contribution in [2.24, 2.45) is 0 Å². The van der Waals surface area contributed by atoms with Crippen molar-refractivity contribution in [2.45, 2.75) is 6.42 Å². The van der Waals surface area contributed by atoms with Gasteiger partial charge in [0.15, 0.2) is 11.5 Å². The Kier molecular flexibility index (Phi) is 3.82. The van der Waals surface area contributed by atoms with Crippen molar-refractivity contribution in [1.29, 1.82) is 0 Å². The van der Waals surface area contributed by atoms with Gasteiger partial charge in [-0.1, -0.05) is 0 Å². The smallest absolute Gasteiger partial charge is 0.336 e. The van der Waals surface area contributed by atoms with Crippen molar-refractivity contribution >= 4 is 11.0 Å². The molecule has 0 N–H and O–H groups in total. The molecule has 0 aliphatic rings. The highest BCUT2D eigenvalue weighted by Crippen LogP contribution is 2.31. The molecule has 18 heavy (non-hydrogen) atoms. The molecular weight excluding hydrogens is 239 g/mol. The monoisotopic (exact) mass is 252 g/mol. The van der Waals surface area contributed by atoms with Crippen LogP contribution in [0.3, 0.4) is 0 Å². The second kappa shape index (κ2) is 5.53. The van der Waals surface area contributed by atoms with Gasteiger partial charge in [-0.05, 0) is 12.1 Å². The summed E-state index contributed by atoms with van der Waals surface area (Å²) >= 11 is 0. The summed E-state index contributed by atoms with van der Waals surface area (Å²) in [5.41, 5.74) is -0.0130. The lowest BCUT2D eigenvalue weighted by atomic mass is 10.2. The molecule has 96 valence electrons. The largest absolute Gasteiger partial charge is 0.493 e. The minimum atomic E-state index is -0.440. The van der Waals surface area contributed by atoms with Crippen LogP contribution in [0.4, 0.5) is 4.39 Å². The van der Waals surface area contributed by atoms with Gasteiger partial charge in [-0.3, -0.25) is 4.39 Å². The van der Waals surface area contributed by atoms with Crippen LogP contribution < -0.4 is 15.1 Å². The molecule has 1 aromatic heterocycles. The molecule has 0 atom stereocenters. The number of fused-ring (bicyclic) bond motifs is 1. The predicted molar refractivity (Wildman–Crippen MR) is 65.1 cm³/mol. The lowest BCUT2D eigenvalue weighted by molar-refractivity contribution is 0.274. The fourth-order valence-electron chi connectivity index (χ4n) is 1.58. The average Bonchev–Trinajstić information content (AvgIpc) is 2.38. The number of hydrogen-bond donors (Lipinski definition) is 0. The Morgan fingerprint density at radius 2 is 2.11 bits per heavy atom. The summed E-state index contributed by atoms with van der Waals surface area (Å²) in [6.45, 7) is -0.194. The van der Waals surface area contributed by atoms with E-state index < -0.39 is 12.3 Å². The fourth-order valence-corrected chi connectivity index (χ4v) is 1.58. The molecule has 1 aromatic carbocycles. The molecule has 0 unspecified atom stereocenters. The number of benzene rings is 1. The van der Waals surface area contributed by atoms with Crippen molar-refractivity contribution in [2.75, 3.05) is 20.4 Å². The first-order valence-corrected chi connectivity index (χ1v) is 5.55. The Morgan fingerprint density at radius 3 is 2.83 bits per heavy atom.